The highest BCUT2D eigenvalue weighted by molar-refractivity contribution is 5.81. The van der Waals surface area contributed by atoms with Gasteiger partial charge in [-0.3, -0.25) is 0 Å². The van der Waals surface area contributed by atoms with Gasteiger partial charge in [-0.1, -0.05) is 19.3 Å². The van der Waals surface area contributed by atoms with Crippen molar-refractivity contribution in [1.29, 1.82) is 0 Å². The number of rotatable bonds is 4. The Morgan fingerprint density at radius 2 is 1.94 bits per heavy atom. The van der Waals surface area contributed by atoms with E-state index in [4.69, 9.17) is 9.47 Å². The summed E-state index contributed by atoms with van der Waals surface area (Å²) in [6, 6.07) is -0.602. The van der Waals surface area contributed by atoms with E-state index in [0.717, 1.165) is 12.8 Å². The first-order chi connectivity index (χ1) is 8.31. The van der Waals surface area contributed by atoms with E-state index in [9.17, 15) is 9.59 Å². The van der Waals surface area contributed by atoms with Gasteiger partial charge >= 0.3 is 12.1 Å². The molecular weight excluding hydrogens is 234 g/mol. The molecule has 1 N–H and O–H groups in total. The minimum absolute atomic E-state index is 0.409. The number of nitrogens with one attached hydrogen (secondary N) is 1. The van der Waals surface area contributed by atoms with Crippen LogP contribution in [0.5, 0.6) is 0 Å². The zero-order chi connectivity index (χ0) is 13.8. The second-order valence-electron chi connectivity index (χ2n) is 5.75. The second kappa shape index (κ2) is 6.07. The lowest BCUT2D eigenvalue weighted by Gasteiger charge is -2.29. The van der Waals surface area contributed by atoms with Crippen molar-refractivity contribution < 1.29 is 19.1 Å². The Kier molecular flexibility index (Phi) is 4.99. The van der Waals surface area contributed by atoms with Crippen molar-refractivity contribution in [1.82, 2.24) is 5.32 Å². The lowest BCUT2D eigenvalue weighted by Crippen LogP contribution is -2.45. The number of amides is 1. The van der Waals surface area contributed by atoms with Crippen molar-refractivity contribution in [3.8, 4) is 0 Å². The minimum atomic E-state index is -0.602. The van der Waals surface area contributed by atoms with Gasteiger partial charge in [0.1, 0.15) is 11.6 Å². The van der Waals surface area contributed by atoms with Gasteiger partial charge in [0, 0.05) is 0 Å². The maximum Gasteiger partial charge on any atom is 0.408 e. The van der Waals surface area contributed by atoms with E-state index in [2.05, 4.69) is 5.32 Å². The van der Waals surface area contributed by atoms with Gasteiger partial charge in [0.05, 0.1) is 7.11 Å². The number of carbonyl (C=O) groups is 2. The summed E-state index contributed by atoms with van der Waals surface area (Å²) in [6.07, 6.45) is 3.49. The summed E-state index contributed by atoms with van der Waals surface area (Å²) in [7, 11) is 1.33. The zero-order valence-corrected chi connectivity index (χ0v) is 11.6. The van der Waals surface area contributed by atoms with E-state index >= 15 is 0 Å². The quantitative estimate of drug-likeness (QED) is 0.784. The molecule has 0 unspecified atom stereocenters. The molecule has 0 bridgehead atoms. The van der Waals surface area contributed by atoms with Crippen molar-refractivity contribution in [2.24, 2.45) is 5.92 Å². The number of esters is 1. The Balaban J connectivity index is 2.49. The van der Waals surface area contributed by atoms with Crippen LogP contribution in [-0.2, 0) is 14.3 Å². The molecule has 0 aromatic rings. The minimum Gasteiger partial charge on any atom is -0.467 e. The van der Waals surface area contributed by atoms with Crippen molar-refractivity contribution in [3.63, 3.8) is 0 Å². The van der Waals surface area contributed by atoms with Crippen LogP contribution >= 0.6 is 0 Å². The largest absolute Gasteiger partial charge is 0.467 e. The highest BCUT2D eigenvalue weighted by Crippen LogP contribution is 2.30. The fourth-order valence-corrected chi connectivity index (χ4v) is 1.87. The van der Waals surface area contributed by atoms with Gasteiger partial charge in [-0.15, -0.1) is 0 Å². The molecule has 0 aromatic carbocycles. The predicted octanol–water partition coefficient (Wildman–Crippen LogP) is 2.24. The predicted molar refractivity (Wildman–Crippen MR) is 67.1 cm³/mol. The molecule has 18 heavy (non-hydrogen) atoms. The summed E-state index contributed by atoms with van der Waals surface area (Å²) in [6.45, 7) is 5.35. The fraction of sp³-hybridized carbons (Fsp3) is 0.846. The Bertz CT molecular complexity index is 305. The lowest BCUT2D eigenvalue weighted by atomic mass is 9.81. The van der Waals surface area contributed by atoms with Crippen LogP contribution in [0.2, 0.25) is 0 Å². The van der Waals surface area contributed by atoms with Gasteiger partial charge in [0.25, 0.3) is 0 Å². The molecule has 1 amide bonds. The molecular formula is C13H23NO4. The molecule has 0 heterocycles. The zero-order valence-electron chi connectivity index (χ0n) is 11.6. The van der Waals surface area contributed by atoms with Crippen LogP contribution in [0.15, 0.2) is 0 Å². The summed E-state index contributed by atoms with van der Waals surface area (Å²) < 4.78 is 9.84. The Hall–Kier alpha value is -1.26. The smallest absolute Gasteiger partial charge is 0.408 e. The van der Waals surface area contributed by atoms with E-state index in [1.807, 2.05) is 0 Å². The van der Waals surface area contributed by atoms with E-state index < -0.39 is 23.7 Å². The molecule has 0 radical (unpaired) electrons. The number of methoxy groups -OCH3 is 1. The average Bonchev–Trinajstić information content (AvgIpc) is 2.17. The molecule has 0 spiro atoms. The molecule has 1 aliphatic rings. The van der Waals surface area contributed by atoms with Gasteiger partial charge in [-0.2, -0.15) is 0 Å². The third-order valence-corrected chi connectivity index (χ3v) is 2.97. The number of alkyl carbamates (subject to hydrolysis) is 1. The number of hydrogen-bond donors (Lipinski definition) is 1. The number of hydrogen-bond acceptors (Lipinski definition) is 4. The van der Waals surface area contributed by atoms with E-state index in [-0.39, 0.29) is 0 Å². The fourth-order valence-electron chi connectivity index (χ4n) is 1.87. The molecule has 1 rings (SSSR count). The topological polar surface area (TPSA) is 64.6 Å². The maximum atomic E-state index is 11.6. The molecule has 0 saturated heterocycles. The Labute approximate surface area is 108 Å². The van der Waals surface area contributed by atoms with Crippen molar-refractivity contribution in [3.05, 3.63) is 0 Å². The van der Waals surface area contributed by atoms with Crippen molar-refractivity contribution >= 4 is 12.1 Å². The Morgan fingerprint density at radius 1 is 1.33 bits per heavy atom. The van der Waals surface area contributed by atoms with Crippen molar-refractivity contribution in [2.75, 3.05) is 7.11 Å². The molecule has 1 aliphatic carbocycles. The van der Waals surface area contributed by atoms with E-state index in [1.54, 1.807) is 20.8 Å². The van der Waals surface area contributed by atoms with Crippen LogP contribution in [0.1, 0.15) is 46.5 Å². The summed E-state index contributed by atoms with van der Waals surface area (Å²) in [5.41, 5.74) is -0.568. The molecule has 0 aliphatic heterocycles. The normalized spacial score (nSPS) is 17.6. The summed E-state index contributed by atoms with van der Waals surface area (Å²) >= 11 is 0. The molecule has 5 heteroatoms. The van der Waals surface area contributed by atoms with Crippen molar-refractivity contribution in [2.45, 2.75) is 58.1 Å². The molecule has 104 valence electrons. The number of carbonyl (C=O) groups excluding carboxylic acids is 2. The van der Waals surface area contributed by atoms with Crippen LogP contribution in [0.3, 0.4) is 0 Å². The van der Waals surface area contributed by atoms with Gasteiger partial charge in [0.15, 0.2) is 0 Å². The molecule has 1 fully saturated rings. The van der Waals surface area contributed by atoms with Gasteiger partial charge in [-0.05, 0) is 33.1 Å². The van der Waals surface area contributed by atoms with Crippen LogP contribution in [0.4, 0.5) is 4.79 Å². The molecule has 1 saturated carbocycles. The second-order valence-corrected chi connectivity index (χ2v) is 5.75. The third kappa shape index (κ3) is 4.94. The van der Waals surface area contributed by atoms with Gasteiger partial charge < -0.3 is 14.8 Å². The first-order valence-electron chi connectivity index (χ1n) is 6.39. The van der Waals surface area contributed by atoms with E-state index in [0.29, 0.717) is 12.3 Å². The average molecular weight is 257 g/mol. The van der Waals surface area contributed by atoms with Crippen LogP contribution in [-0.4, -0.2) is 30.8 Å². The highest BCUT2D eigenvalue weighted by Gasteiger charge is 2.29. The molecule has 0 aromatic heterocycles. The Morgan fingerprint density at radius 3 is 2.33 bits per heavy atom. The summed E-state index contributed by atoms with van der Waals surface area (Å²) in [4.78, 5) is 23.2. The first-order valence-corrected chi connectivity index (χ1v) is 6.39. The monoisotopic (exact) mass is 257 g/mol. The SMILES string of the molecule is COC(=O)[C@H](CC1CCC1)NC(=O)OC(C)(C)C. The third-order valence-electron chi connectivity index (χ3n) is 2.97. The first kappa shape index (κ1) is 14.8. The van der Waals surface area contributed by atoms with Crippen LogP contribution in [0.25, 0.3) is 0 Å². The lowest BCUT2D eigenvalue weighted by molar-refractivity contribution is -0.143. The maximum absolute atomic E-state index is 11.6. The van der Waals surface area contributed by atoms with Gasteiger partial charge in [-0.25, -0.2) is 9.59 Å². The summed E-state index contributed by atoms with van der Waals surface area (Å²) in [5.74, 6) is 0.0943. The molecule has 1 atom stereocenters. The molecule has 5 nitrogen and oxygen atoms in total. The van der Waals surface area contributed by atoms with Crippen LogP contribution in [0, 0.1) is 5.92 Å². The van der Waals surface area contributed by atoms with Gasteiger partial charge in [0.2, 0.25) is 0 Å². The highest BCUT2D eigenvalue weighted by atomic mass is 16.6. The van der Waals surface area contributed by atoms with E-state index in [1.165, 1.54) is 13.5 Å². The summed E-state index contributed by atoms with van der Waals surface area (Å²) in [5, 5.41) is 2.59. The van der Waals surface area contributed by atoms with Crippen LogP contribution < -0.4 is 5.32 Å². The standard InChI is InChI=1S/C13H23NO4/c1-13(2,3)18-12(16)14-10(11(15)17-4)8-9-6-5-7-9/h9-10H,5-8H2,1-4H3,(H,14,16)/t10-/m0/s1. The number of ether oxygens (including phenoxy) is 2.